The number of hydrogen-bond acceptors (Lipinski definition) is 6. The molecule has 0 aliphatic rings. The van der Waals surface area contributed by atoms with Crippen molar-refractivity contribution in [1.82, 2.24) is 14.9 Å². The fourth-order valence-electron chi connectivity index (χ4n) is 1.18. The molecule has 106 valence electrons. The van der Waals surface area contributed by atoms with Gasteiger partial charge in [-0.3, -0.25) is 9.89 Å². The number of carboxylic acid groups (broad SMARTS) is 1. The molecule has 19 heavy (non-hydrogen) atoms. The zero-order valence-electron chi connectivity index (χ0n) is 10.2. The molecule has 9 nitrogen and oxygen atoms in total. The van der Waals surface area contributed by atoms with Crippen molar-refractivity contribution in [2.45, 2.75) is 24.9 Å². The summed E-state index contributed by atoms with van der Waals surface area (Å²) in [5, 5.41) is 13.7. The normalized spacial score (nSPS) is 12.9. The van der Waals surface area contributed by atoms with E-state index in [-0.39, 0.29) is 12.2 Å². The molecule has 10 heteroatoms. The van der Waals surface area contributed by atoms with Crippen molar-refractivity contribution < 1.29 is 27.9 Å². The molecule has 0 amide bonds. The van der Waals surface area contributed by atoms with Crippen LogP contribution in [-0.4, -0.2) is 48.3 Å². The molecule has 1 rings (SSSR count). The second kappa shape index (κ2) is 5.80. The second-order valence-electron chi connectivity index (χ2n) is 3.51. The molecule has 0 bridgehead atoms. The minimum absolute atomic E-state index is 0.0719. The monoisotopic (exact) mass is 291 g/mol. The van der Waals surface area contributed by atoms with Crippen molar-refractivity contribution in [3.8, 4) is 0 Å². The van der Waals surface area contributed by atoms with Gasteiger partial charge in [0.2, 0.25) is 0 Å². The molecule has 1 heterocycles. The van der Waals surface area contributed by atoms with Gasteiger partial charge in [-0.2, -0.15) is 9.82 Å². The molecule has 0 saturated carbocycles. The van der Waals surface area contributed by atoms with Crippen LogP contribution in [0.4, 0.5) is 0 Å². The number of aliphatic carboxylic acids is 1. The molecular weight excluding hydrogens is 278 g/mol. The third-order valence-electron chi connectivity index (χ3n) is 2.07. The Labute approximate surface area is 109 Å². The van der Waals surface area contributed by atoms with Crippen molar-refractivity contribution in [3.63, 3.8) is 0 Å². The van der Waals surface area contributed by atoms with Crippen LogP contribution >= 0.6 is 0 Å². The Bertz CT molecular complexity index is 579. The van der Waals surface area contributed by atoms with Gasteiger partial charge in [0.25, 0.3) is 10.0 Å². The van der Waals surface area contributed by atoms with Crippen molar-refractivity contribution in [3.05, 3.63) is 11.8 Å². The number of esters is 1. The third kappa shape index (κ3) is 3.51. The maximum atomic E-state index is 11.9. The smallest absolute Gasteiger partial charge is 0.342 e. The lowest BCUT2D eigenvalue weighted by Crippen LogP contribution is -2.39. The second-order valence-corrected chi connectivity index (χ2v) is 5.17. The Hall–Kier alpha value is -1.94. The van der Waals surface area contributed by atoms with E-state index in [0.29, 0.717) is 0 Å². The molecule has 0 aliphatic heterocycles. The predicted molar refractivity (Wildman–Crippen MR) is 62.0 cm³/mol. The van der Waals surface area contributed by atoms with Gasteiger partial charge in [-0.1, -0.05) is 0 Å². The van der Waals surface area contributed by atoms with Crippen LogP contribution in [0.15, 0.2) is 11.2 Å². The first-order chi connectivity index (χ1) is 8.79. The maximum absolute atomic E-state index is 11.9. The molecule has 1 aromatic rings. The first kappa shape index (κ1) is 15.1. The summed E-state index contributed by atoms with van der Waals surface area (Å²) in [5.74, 6) is -2.21. The number of aromatic nitrogens is 2. The van der Waals surface area contributed by atoms with E-state index in [4.69, 9.17) is 5.11 Å². The summed E-state index contributed by atoms with van der Waals surface area (Å²) in [7, 11) is -4.20. The molecule has 0 saturated heterocycles. The maximum Gasteiger partial charge on any atom is 0.342 e. The third-order valence-corrected chi connectivity index (χ3v) is 3.58. The standard InChI is InChI=1S/C9H13N3O6S/c1-3-18-9(15)6-4-10-11-7(6)19(16,17)12-5(2)8(13)14/h4-5,12H,3H2,1-2H3,(H,10,11)(H,13,14)/t5-/m0/s1. The number of carbonyl (C=O) groups is 2. The number of nitrogens with zero attached hydrogens (tertiary/aromatic N) is 1. The van der Waals surface area contributed by atoms with Crippen LogP contribution in [0, 0.1) is 0 Å². The quantitative estimate of drug-likeness (QED) is 0.591. The molecule has 0 radical (unpaired) electrons. The summed E-state index contributed by atoms with van der Waals surface area (Å²) in [5.41, 5.74) is -0.285. The van der Waals surface area contributed by atoms with Gasteiger partial charge in [0, 0.05) is 0 Å². The van der Waals surface area contributed by atoms with E-state index in [9.17, 15) is 18.0 Å². The average molecular weight is 291 g/mol. The van der Waals surface area contributed by atoms with Crippen LogP contribution in [0.25, 0.3) is 0 Å². The Morgan fingerprint density at radius 3 is 2.74 bits per heavy atom. The van der Waals surface area contributed by atoms with Gasteiger partial charge in [-0.15, -0.1) is 0 Å². The van der Waals surface area contributed by atoms with Crippen molar-refractivity contribution in [2.24, 2.45) is 0 Å². The lowest BCUT2D eigenvalue weighted by atomic mass is 10.4. The number of H-pyrrole nitrogens is 1. The summed E-state index contributed by atoms with van der Waals surface area (Å²) < 4.78 is 30.3. The van der Waals surface area contributed by atoms with E-state index in [0.717, 1.165) is 13.1 Å². The van der Waals surface area contributed by atoms with Gasteiger partial charge >= 0.3 is 11.9 Å². The topological polar surface area (TPSA) is 138 Å². The Morgan fingerprint density at radius 2 is 2.21 bits per heavy atom. The summed E-state index contributed by atoms with van der Waals surface area (Å²) >= 11 is 0. The van der Waals surface area contributed by atoms with Crippen LogP contribution in [0.5, 0.6) is 0 Å². The fourth-order valence-corrected chi connectivity index (χ4v) is 2.46. The summed E-state index contributed by atoms with van der Waals surface area (Å²) in [6, 6.07) is -1.34. The molecule has 0 spiro atoms. The predicted octanol–water partition coefficient (Wildman–Crippen LogP) is -0.662. The number of nitrogens with one attached hydrogen (secondary N) is 2. The van der Waals surface area contributed by atoms with Crippen LogP contribution < -0.4 is 4.72 Å². The highest BCUT2D eigenvalue weighted by Crippen LogP contribution is 2.13. The lowest BCUT2D eigenvalue weighted by molar-refractivity contribution is -0.138. The number of ether oxygens (including phenoxy) is 1. The van der Waals surface area contributed by atoms with Gasteiger partial charge < -0.3 is 9.84 Å². The van der Waals surface area contributed by atoms with E-state index in [1.165, 1.54) is 0 Å². The minimum Gasteiger partial charge on any atom is -0.480 e. The van der Waals surface area contributed by atoms with Crippen LogP contribution in [0.2, 0.25) is 0 Å². The average Bonchev–Trinajstić information content (AvgIpc) is 2.78. The SMILES string of the molecule is CCOC(=O)c1cn[nH]c1S(=O)(=O)N[C@@H](C)C(=O)O. The minimum atomic E-state index is -4.20. The van der Waals surface area contributed by atoms with Crippen LogP contribution in [0.1, 0.15) is 24.2 Å². The van der Waals surface area contributed by atoms with Gasteiger partial charge in [0.05, 0.1) is 12.8 Å². The van der Waals surface area contributed by atoms with Crippen LogP contribution in [0.3, 0.4) is 0 Å². The molecule has 0 aromatic carbocycles. The largest absolute Gasteiger partial charge is 0.480 e. The van der Waals surface area contributed by atoms with Crippen molar-refractivity contribution in [2.75, 3.05) is 6.61 Å². The fraction of sp³-hybridized carbons (Fsp3) is 0.444. The molecule has 0 unspecified atom stereocenters. The highest BCUT2D eigenvalue weighted by molar-refractivity contribution is 7.89. The highest BCUT2D eigenvalue weighted by atomic mass is 32.2. The number of sulfonamides is 1. The Morgan fingerprint density at radius 1 is 1.58 bits per heavy atom. The van der Waals surface area contributed by atoms with E-state index in [2.05, 4.69) is 14.9 Å². The van der Waals surface area contributed by atoms with Gasteiger partial charge in [-0.25, -0.2) is 13.2 Å². The summed E-state index contributed by atoms with van der Waals surface area (Å²) in [4.78, 5) is 22.1. The molecule has 0 fully saturated rings. The van der Waals surface area contributed by atoms with Crippen molar-refractivity contribution in [1.29, 1.82) is 0 Å². The molecule has 1 aromatic heterocycles. The molecule has 3 N–H and O–H groups in total. The van der Waals surface area contributed by atoms with Crippen molar-refractivity contribution >= 4 is 22.0 Å². The number of carboxylic acids is 1. The van der Waals surface area contributed by atoms with E-state index < -0.39 is 33.0 Å². The van der Waals surface area contributed by atoms with E-state index in [1.54, 1.807) is 6.92 Å². The summed E-state index contributed by atoms with van der Waals surface area (Å²) in [6.07, 6.45) is 0.998. The van der Waals surface area contributed by atoms with E-state index in [1.807, 2.05) is 4.72 Å². The first-order valence-electron chi connectivity index (χ1n) is 5.25. The number of carbonyl (C=O) groups excluding carboxylic acids is 1. The van der Waals surface area contributed by atoms with Gasteiger partial charge in [0.15, 0.2) is 5.03 Å². The first-order valence-corrected chi connectivity index (χ1v) is 6.73. The number of hydrogen-bond donors (Lipinski definition) is 3. The number of aromatic amines is 1. The van der Waals surface area contributed by atoms with E-state index >= 15 is 0 Å². The number of rotatable bonds is 6. The zero-order valence-corrected chi connectivity index (χ0v) is 11.0. The molecule has 1 atom stereocenters. The Kier molecular flexibility index (Phi) is 4.62. The van der Waals surface area contributed by atoms with Gasteiger partial charge in [-0.05, 0) is 13.8 Å². The van der Waals surface area contributed by atoms with Gasteiger partial charge in [0.1, 0.15) is 11.6 Å². The van der Waals surface area contributed by atoms with Crippen LogP contribution in [-0.2, 0) is 19.6 Å². The lowest BCUT2D eigenvalue weighted by Gasteiger charge is -2.09. The molecule has 0 aliphatic carbocycles. The zero-order chi connectivity index (χ0) is 14.6. The summed E-state index contributed by atoms with van der Waals surface area (Å²) in [6.45, 7) is 2.79. The Balaban J connectivity index is 3.06. The highest BCUT2D eigenvalue weighted by Gasteiger charge is 2.28. The molecular formula is C9H13N3O6S.